The standard InChI is InChI=1S/C21H36N6O4Si.C19H32N4O3Si.C4H9NO/c1-21(2,3)32(5,6)31-16-14(11-26-7-9-29-10-8-26)30-20(17(16)28-4)27-13-25-15-18(22)23-12-24-19(15)27;1-9-13-15(26-27(7,8)19(3,4)5)16(24-6)18(25-13)23-11-22-14-12(2)20-10-21-17(14)23;1-3-6-4-2-5-1/h12-14,16-17,20H,7-11H2,1-6H3,(H2,22,23,24);10-11,13,15-16,18H,9H2,1-8H3;5H,1-4H2/t14-,16?,17+,20-;13-,15?,16+,18-;/m11./s1. The molecule has 8 heterocycles. The lowest BCUT2D eigenvalue weighted by Crippen LogP contribution is -2.52. The Morgan fingerprint density at radius 1 is 0.677 bits per heavy atom. The lowest BCUT2D eigenvalue weighted by atomic mass is 10.1. The van der Waals surface area contributed by atoms with Crippen LogP contribution in [-0.4, -0.2) is 171 Å². The summed E-state index contributed by atoms with van der Waals surface area (Å²) in [5, 5.41) is 3.34. The summed E-state index contributed by atoms with van der Waals surface area (Å²) in [6.45, 7) is 34.4. The van der Waals surface area contributed by atoms with Gasteiger partial charge in [-0.2, -0.15) is 0 Å². The van der Waals surface area contributed by atoms with E-state index in [1.165, 1.54) is 6.33 Å². The fourth-order valence-corrected chi connectivity index (χ4v) is 10.6. The number of nitrogens with one attached hydrogen (secondary N) is 1. The predicted octanol–water partition coefficient (Wildman–Crippen LogP) is 5.50. The number of ether oxygens (including phenoxy) is 6. The van der Waals surface area contributed by atoms with Crippen LogP contribution < -0.4 is 11.1 Å². The molecule has 0 bridgehead atoms. The van der Waals surface area contributed by atoms with E-state index in [-0.39, 0.29) is 52.9 Å². The molecule has 4 aromatic rings. The molecule has 4 saturated heterocycles. The summed E-state index contributed by atoms with van der Waals surface area (Å²) in [5.74, 6) is 0.347. The fraction of sp³-hybridized carbons (Fsp3) is 0.773. The minimum Gasteiger partial charge on any atom is -0.408 e. The molecule has 0 radical (unpaired) electrons. The minimum absolute atomic E-state index is 0.0329. The number of nitrogens with zero attached hydrogens (tertiary/aromatic N) is 9. The SMILES string of the molecule is C1COCCN1.CC[C@H]1O[C@@H](n2cnc3c(C)ncnc32)[C@@H](OC)C1O[Si](C)(C)C(C)(C)C.CO[C@H]1C(O[Si](C)(C)C(C)(C)C)[C@@H](CN2CCOCC2)O[C@H]1n1cnc2c(N)ncnc21. The summed E-state index contributed by atoms with van der Waals surface area (Å²) in [5.41, 5.74) is 9.60. The van der Waals surface area contributed by atoms with Crippen LogP contribution in [0.15, 0.2) is 25.3 Å². The maximum Gasteiger partial charge on any atom is 0.192 e. The number of imidazole rings is 2. The number of fused-ring (bicyclic) bond motifs is 2. The van der Waals surface area contributed by atoms with Crippen LogP contribution in [0.1, 0.15) is 73.0 Å². The Hall–Kier alpha value is -3.07. The highest BCUT2D eigenvalue weighted by atomic mass is 28.4. The molecule has 0 saturated carbocycles. The first-order valence-electron chi connectivity index (χ1n) is 23.1. The number of rotatable bonds is 11. The number of nitrogen functional groups attached to an aromatic ring is 1. The van der Waals surface area contributed by atoms with Gasteiger partial charge in [0.25, 0.3) is 0 Å². The van der Waals surface area contributed by atoms with E-state index in [0.717, 1.165) is 82.4 Å². The molecule has 4 aromatic heterocycles. The number of hydrogen-bond donors (Lipinski definition) is 2. The largest absolute Gasteiger partial charge is 0.408 e. The number of nitrogens with two attached hydrogens (primary N) is 1. The number of aryl methyl sites for hydroxylation is 1. The third-order valence-electron chi connectivity index (χ3n) is 13.9. The smallest absolute Gasteiger partial charge is 0.192 e. The highest BCUT2D eigenvalue weighted by Crippen LogP contribution is 2.44. The molecular weight excluding hydrogens is 867 g/mol. The zero-order valence-corrected chi connectivity index (χ0v) is 43.4. The maximum absolute atomic E-state index is 6.92. The zero-order chi connectivity index (χ0) is 47.3. The van der Waals surface area contributed by atoms with Gasteiger partial charge in [0.05, 0.1) is 50.9 Å². The van der Waals surface area contributed by atoms with Crippen LogP contribution in [0.5, 0.6) is 0 Å². The quantitative estimate of drug-likeness (QED) is 0.178. The Bertz CT molecular complexity index is 2110. The van der Waals surface area contributed by atoms with Crippen molar-refractivity contribution in [2.24, 2.45) is 0 Å². The van der Waals surface area contributed by atoms with Crippen LogP contribution in [0.4, 0.5) is 5.82 Å². The zero-order valence-electron chi connectivity index (χ0n) is 41.4. The summed E-state index contributed by atoms with van der Waals surface area (Å²) >= 11 is 0. The summed E-state index contributed by atoms with van der Waals surface area (Å²) in [4.78, 5) is 28.4. The number of anilines is 1. The molecule has 3 N–H and O–H groups in total. The van der Waals surface area contributed by atoms with Crippen LogP contribution in [0, 0.1) is 6.92 Å². The first-order valence-corrected chi connectivity index (χ1v) is 28.9. The topological polar surface area (TPSA) is 202 Å². The predicted molar refractivity (Wildman–Crippen MR) is 255 cm³/mol. The second-order valence-corrected chi connectivity index (χ2v) is 29.8. The van der Waals surface area contributed by atoms with Gasteiger partial charge in [-0.25, -0.2) is 29.9 Å². The van der Waals surface area contributed by atoms with E-state index in [2.05, 4.69) is 115 Å². The Balaban J connectivity index is 0.000000193. The molecule has 8 rings (SSSR count). The van der Waals surface area contributed by atoms with Crippen molar-refractivity contribution < 1.29 is 37.3 Å². The molecule has 364 valence electrons. The van der Waals surface area contributed by atoms with E-state index in [1.54, 1.807) is 33.2 Å². The average Bonchev–Trinajstić information content (AvgIpc) is 4.05. The minimum atomic E-state index is -2.09. The van der Waals surface area contributed by atoms with Crippen LogP contribution in [0.25, 0.3) is 22.3 Å². The van der Waals surface area contributed by atoms with Crippen molar-refractivity contribution in [1.29, 1.82) is 0 Å². The molecule has 2 unspecified atom stereocenters. The van der Waals surface area contributed by atoms with Crippen molar-refractivity contribution in [1.82, 2.24) is 49.3 Å². The first-order chi connectivity index (χ1) is 30.7. The number of methoxy groups -OCH3 is 2. The van der Waals surface area contributed by atoms with Gasteiger partial charge in [-0.05, 0) is 49.6 Å². The second-order valence-electron chi connectivity index (χ2n) is 20.3. The van der Waals surface area contributed by atoms with Gasteiger partial charge in [0.1, 0.15) is 54.2 Å². The van der Waals surface area contributed by atoms with E-state index >= 15 is 0 Å². The van der Waals surface area contributed by atoms with Gasteiger partial charge in [0.15, 0.2) is 46.2 Å². The molecule has 0 amide bonds. The van der Waals surface area contributed by atoms with Gasteiger partial charge in [0, 0.05) is 46.9 Å². The molecule has 19 nitrogen and oxygen atoms in total. The average molecular weight is 944 g/mol. The molecule has 4 fully saturated rings. The van der Waals surface area contributed by atoms with Gasteiger partial charge in [-0.1, -0.05) is 48.5 Å². The molecule has 0 spiro atoms. The number of hydrogen-bond acceptors (Lipinski definition) is 17. The van der Waals surface area contributed by atoms with Crippen LogP contribution in [0.3, 0.4) is 0 Å². The molecule has 8 atom stereocenters. The molecular formula is C44H77N11O8Si2. The highest BCUT2D eigenvalue weighted by Gasteiger charge is 2.53. The van der Waals surface area contributed by atoms with Gasteiger partial charge in [0.2, 0.25) is 0 Å². The molecule has 65 heavy (non-hydrogen) atoms. The number of aromatic nitrogens is 8. The summed E-state index contributed by atoms with van der Waals surface area (Å²) in [6, 6.07) is 0. The Morgan fingerprint density at radius 2 is 1.15 bits per heavy atom. The number of morpholine rings is 2. The molecule has 4 aliphatic heterocycles. The summed E-state index contributed by atoms with van der Waals surface area (Å²) < 4.78 is 53.1. The lowest BCUT2D eigenvalue weighted by molar-refractivity contribution is -0.0603. The molecule has 0 aliphatic carbocycles. The van der Waals surface area contributed by atoms with Gasteiger partial charge in [-0.3, -0.25) is 14.0 Å². The normalized spacial score (nSPS) is 27.1. The van der Waals surface area contributed by atoms with Crippen molar-refractivity contribution >= 4 is 44.8 Å². The third-order valence-corrected chi connectivity index (χ3v) is 22.8. The Labute approximate surface area is 387 Å². The van der Waals surface area contributed by atoms with E-state index < -0.39 is 22.9 Å². The van der Waals surface area contributed by atoms with Crippen LogP contribution >= 0.6 is 0 Å². The summed E-state index contributed by atoms with van der Waals surface area (Å²) in [6.07, 6.45) is 5.51. The van der Waals surface area contributed by atoms with Gasteiger partial charge < -0.3 is 48.3 Å². The van der Waals surface area contributed by atoms with Crippen molar-refractivity contribution in [2.75, 3.05) is 79.1 Å². The van der Waals surface area contributed by atoms with E-state index in [1.807, 2.05) is 16.1 Å². The van der Waals surface area contributed by atoms with Crippen molar-refractivity contribution in [2.45, 2.75) is 147 Å². The Kier molecular flexibility index (Phi) is 17.0. The van der Waals surface area contributed by atoms with Crippen molar-refractivity contribution in [3.8, 4) is 0 Å². The van der Waals surface area contributed by atoms with Crippen molar-refractivity contribution in [3.05, 3.63) is 31.0 Å². The van der Waals surface area contributed by atoms with Gasteiger partial charge >= 0.3 is 0 Å². The van der Waals surface area contributed by atoms with Crippen molar-refractivity contribution in [3.63, 3.8) is 0 Å². The van der Waals surface area contributed by atoms with Crippen LogP contribution in [0.2, 0.25) is 36.3 Å². The second kappa shape index (κ2) is 21.5. The molecule has 21 heteroatoms. The first kappa shape index (κ1) is 51.3. The lowest BCUT2D eigenvalue weighted by Gasteiger charge is -2.41. The monoisotopic (exact) mass is 944 g/mol. The Morgan fingerprint density at radius 3 is 1.63 bits per heavy atom. The van der Waals surface area contributed by atoms with E-state index in [4.69, 9.17) is 43.0 Å². The fourth-order valence-electron chi connectivity index (χ4n) is 7.93. The van der Waals surface area contributed by atoms with E-state index in [0.29, 0.717) is 17.0 Å². The summed E-state index contributed by atoms with van der Waals surface area (Å²) in [7, 11) is -0.626. The van der Waals surface area contributed by atoms with E-state index in [9.17, 15) is 0 Å². The highest BCUT2D eigenvalue weighted by molar-refractivity contribution is 6.74. The maximum atomic E-state index is 6.92. The molecule has 0 aromatic carbocycles. The molecule has 4 aliphatic rings. The van der Waals surface area contributed by atoms with Gasteiger partial charge in [-0.15, -0.1) is 0 Å². The third kappa shape index (κ3) is 11.6. The van der Waals surface area contributed by atoms with Crippen LogP contribution in [-0.2, 0) is 37.3 Å².